The Morgan fingerprint density at radius 3 is 2.12 bits per heavy atom. The minimum absolute atomic E-state index is 0.0132. The van der Waals surface area contributed by atoms with Crippen molar-refractivity contribution in [2.24, 2.45) is 0 Å². The molecule has 0 aliphatic rings. The molecule has 1 aromatic carbocycles. The second kappa shape index (κ2) is 10.4. The molecule has 1 aromatic rings. The Bertz CT molecular complexity index is 639. The molecule has 10 heteroatoms. The molecule has 1 rings (SSSR count). The maximum absolute atomic E-state index is 13.1. The third kappa shape index (κ3) is 7.53. The second-order valence-corrected chi connectivity index (χ2v) is 8.79. The Morgan fingerprint density at radius 2 is 1.68 bits per heavy atom. The molecule has 144 valence electrons. The molecular weight excluding hydrogens is 371 g/mol. The lowest BCUT2D eigenvalue weighted by molar-refractivity contribution is -0.0258. The van der Waals surface area contributed by atoms with Crippen LogP contribution in [0, 0.1) is 0 Å². The fourth-order valence-electron chi connectivity index (χ4n) is 2.09. The minimum Gasteiger partial charge on any atom is -0.393 e. The SMILES string of the molecule is CCOP(=O)(OCC)[C@H](OCc1ccccc1)[C@@H](CO)OS(C)(=O)=O. The van der Waals surface area contributed by atoms with Crippen molar-refractivity contribution in [3.05, 3.63) is 35.9 Å². The van der Waals surface area contributed by atoms with Crippen molar-refractivity contribution >= 4 is 17.7 Å². The van der Waals surface area contributed by atoms with Gasteiger partial charge in [-0.15, -0.1) is 0 Å². The van der Waals surface area contributed by atoms with Gasteiger partial charge in [0.25, 0.3) is 10.1 Å². The molecule has 0 aromatic heterocycles. The molecule has 0 unspecified atom stereocenters. The van der Waals surface area contributed by atoms with E-state index in [0.29, 0.717) is 0 Å². The molecule has 0 fully saturated rings. The van der Waals surface area contributed by atoms with Gasteiger partial charge >= 0.3 is 7.60 Å². The van der Waals surface area contributed by atoms with Crippen LogP contribution in [0.2, 0.25) is 0 Å². The van der Waals surface area contributed by atoms with Crippen LogP contribution in [0.25, 0.3) is 0 Å². The van der Waals surface area contributed by atoms with Crippen LogP contribution in [0.15, 0.2) is 30.3 Å². The van der Waals surface area contributed by atoms with E-state index < -0.39 is 36.3 Å². The van der Waals surface area contributed by atoms with E-state index in [-0.39, 0.29) is 19.8 Å². The van der Waals surface area contributed by atoms with Crippen molar-refractivity contribution in [3.8, 4) is 0 Å². The van der Waals surface area contributed by atoms with E-state index in [9.17, 15) is 18.1 Å². The maximum Gasteiger partial charge on any atom is 0.361 e. The van der Waals surface area contributed by atoms with Crippen LogP contribution in [0.5, 0.6) is 0 Å². The van der Waals surface area contributed by atoms with Gasteiger partial charge in [-0.1, -0.05) is 30.3 Å². The van der Waals surface area contributed by atoms with E-state index in [2.05, 4.69) is 0 Å². The Labute approximate surface area is 148 Å². The Hall–Kier alpha value is -0.800. The zero-order valence-electron chi connectivity index (χ0n) is 14.5. The topological polar surface area (TPSA) is 108 Å². The average molecular weight is 396 g/mol. The highest BCUT2D eigenvalue weighted by Gasteiger charge is 2.44. The molecule has 25 heavy (non-hydrogen) atoms. The number of aliphatic hydroxyl groups excluding tert-OH is 1. The van der Waals surface area contributed by atoms with Gasteiger partial charge in [-0.2, -0.15) is 8.42 Å². The number of aliphatic hydroxyl groups is 1. The molecule has 0 saturated carbocycles. The number of rotatable bonds is 12. The Kier molecular flexibility index (Phi) is 9.23. The van der Waals surface area contributed by atoms with E-state index >= 15 is 0 Å². The van der Waals surface area contributed by atoms with Crippen LogP contribution in [0.4, 0.5) is 0 Å². The average Bonchev–Trinajstić information content (AvgIpc) is 2.54. The van der Waals surface area contributed by atoms with Gasteiger partial charge in [-0.25, -0.2) is 0 Å². The maximum atomic E-state index is 13.1. The first kappa shape index (κ1) is 22.2. The van der Waals surface area contributed by atoms with Gasteiger partial charge in [0, 0.05) is 0 Å². The molecule has 0 aliphatic carbocycles. The molecule has 0 heterocycles. The molecule has 1 N–H and O–H groups in total. The molecule has 0 radical (unpaired) electrons. The number of hydrogen-bond acceptors (Lipinski definition) is 8. The second-order valence-electron chi connectivity index (χ2n) is 5.08. The smallest absolute Gasteiger partial charge is 0.361 e. The fraction of sp³-hybridized carbons (Fsp3) is 0.600. The molecule has 0 spiro atoms. The monoisotopic (exact) mass is 396 g/mol. The summed E-state index contributed by atoms with van der Waals surface area (Å²) in [5.41, 5.74) is 0.767. The molecule has 0 saturated heterocycles. The number of hydrogen-bond donors (Lipinski definition) is 1. The third-order valence-corrected chi connectivity index (χ3v) is 5.93. The van der Waals surface area contributed by atoms with Crippen molar-refractivity contribution in [3.63, 3.8) is 0 Å². The summed E-state index contributed by atoms with van der Waals surface area (Å²) in [5.74, 6) is -1.41. The summed E-state index contributed by atoms with van der Waals surface area (Å²) in [5, 5.41) is 9.56. The van der Waals surface area contributed by atoms with Gasteiger partial charge in [0.05, 0.1) is 32.7 Å². The zero-order valence-corrected chi connectivity index (χ0v) is 16.2. The van der Waals surface area contributed by atoms with Gasteiger partial charge < -0.3 is 18.9 Å². The van der Waals surface area contributed by atoms with E-state index in [1.807, 2.05) is 6.07 Å². The van der Waals surface area contributed by atoms with Crippen LogP contribution in [-0.4, -0.2) is 51.5 Å². The highest BCUT2D eigenvalue weighted by molar-refractivity contribution is 7.86. The predicted octanol–water partition coefficient (Wildman–Crippen LogP) is 2.13. The van der Waals surface area contributed by atoms with E-state index in [4.69, 9.17) is 18.0 Å². The number of ether oxygens (including phenoxy) is 1. The summed E-state index contributed by atoms with van der Waals surface area (Å²) in [6.45, 7) is 2.62. The van der Waals surface area contributed by atoms with Gasteiger partial charge in [0.15, 0.2) is 5.85 Å². The van der Waals surface area contributed by atoms with Gasteiger partial charge in [0.1, 0.15) is 6.10 Å². The van der Waals surface area contributed by atoms with Crippen molar-refractivity contribution in [1.82, 2.24) is 0 Å². The highest BCUT2D eigenvalue weighted by atomic mass is 32.2. The van der Waals surface area contributed by atoms with E-state index in [1.54, 1.807) is 38.1 Å². The summed E-state index contributed by atoms with van der Waals surface area (Å²) in [6, 6.07) is 9.00. The van der Waals surface area contributed by atoms with Gasteiger partial charge in [-0.3, -0.25) is 8.75 Å². The van der Waals surface area contributed by atoms with Crippen molar-refractivity contribution < 1.29 is 36.1 Å². The lowest BCUT2D eigenvalue weighted by Gasteiger charge is -2.30. The lowest BCUT2D eigenvalue weighted by Crippen LogP contribution is -2.37. The summed E-state index contributed by atoms with van der Waals surface area (Å²) in [6.07, 6.45) is -0.599. The van der Waals surface area contributed by atoms with Crippen LogP contribution in [0.1, 0.15) is 19.4 Å². The molecule has 0 bridgehead atoms. The van der Waals surface area contributed by atoms with Crippen LogP contribution < -0.4 is 0 Å². The minimum atomic E-state index is -3.93. The van der Waals surface area contributed by atoms with E-state index in [0.717, 1.165) is 11.8 Å². The summed E-state index contributed by atoms with van der Waals surface area (Å²) < 4.78 is 56.9. The molecule has 8 nitrogen and oxygen atoms in total. The lowest BCUT2D eigenvalue weighted by atomic mass is 10.2. The summed E-state index contributed by atoms with van der Waals surface area (Å²) >= 11 is 0. The van der Waals surface area contributed by atoms with Gasteiger partial charge in [-0.05, 0) is 19.4 Å². The van der Waals surface area contributed by atoms with E-state index in [1.165, 1.54) is 0 Å². The van der Waals surface area contributed by atoms with Crippen molar-refractivity contribution in [1.29, 1.82) is 0 Å². The summed E-state index contributed by atoms with van der Waals surface area (Å²) in [4.78, 5) is 0. The Morgan fingerprint density at radius 1 is 1.12 bits per heavy atom. The molecule has 0 amide bonds. The van der Waals surface area contributed by atoms with Crippen LogP contribution >= 0.6 is 7.60 Å². The van der Waals surface area contributed by atoms with Gasteiger partial charge in [0.2, 0.25) is 0 Å². The first-order valence-electron chi connectivity index (χ1n) is 7.79. The first-order chi connectivity index (χ1) is 11.8. The molecule has 2 atom stereocenters. The van der Waals surface area contributed by atoms with Crippen molar-refractivity contribution in [2.45, 2.75) is 32.4 Å². The predicted molar refractivity (Wildman–Crippen MR) is 92.7 cm³/mol. The Balaban J connectivity index is 3.11. The van der Waals surface area contributed by atoms with Crippen LogP contribution in [-0.2, 0) is 39.3 Å². The fourth-order valence-corrected chi connectivity index (χ4v) is 4.70. The molecule has 0 aliphatic heterocycles. The highest BCUT2D eigenvalue weighted by Crippen LogP contribution is 2.55. The standard InChI is InChI=1S/C15H25O8PS/c1-4-21-24(17,22-5-2)15(14(11-16)23-25(3,18)19)20-12-13-9-7-6-8-10-13/h6-10,14-16H,4-5,11-12H2,1-3H3/t14-,15+/m1/s1. The van der Waals surface area contributed by atoms with Crippen molar-refractivity contribution in [2.75, 3.05) is 26.1 Å². The molecular formula is C15H25O8PS. The van der Waals surface area contributed by atoms with Crippen LogP contribution in [0.3, 0.4) is 0 Å². The zero-order chi connectivity index (χ0) is 18.9. The third-order valence-electron chi connectivity index (χ3n) is 2.99. The quantitative estimate of drug-likeness (QED) is 0.423. The largest absolute Gasteiger partial charge is 0.393 e. The first-order valence-corrected chi connectivity index (χ1v) is 11.2. The summed E-state index contributed by atoms with van der Waals surface area (Å²) in [7, 11) is -7.82. The normalized spacial score (nSPS) is 15.0. The number of benzene rings is 1.